The zero-order valence-corrected chi connectivity index (χ0v) is 13.9. The molecule has 0 fully saturated rings. The van der Waals surface area contributed by atoms with Crippen molar-refractivity contribution in [2.45, 2.75) is 33.2 Å². The van der Waals surface area contributed by atoms with Crippen LogP contribution in [-0.4, -0.2) is 37.6 Å². The molecule has 2 aromatic rings. The average Bonchev–Trinajstić information content (AvgIpc) is 3.07. The van der Waals surface area contributed by atoms with Gasteiger partial charge in [-0.2, -0.15) is 15.2 Å². The van der Waals surface area contributed by atoms with Crippen molar-refractivity contribution in [3.8, 4) is 0 Å². The van der Waals surface area contributed by atoms with Crippen LogP contribution in [0.2, 0.25) is 0 Å². The zero-order chi connectivity index (χ0) is 16.7. The topological polar surface area (TPSA) is 86.9 Å². The van der Waals surface area contributed by atoms with Crippen molar-refractivity contribution in [3.63, 3.8) is 0 Å². The summed E-state index contributed by atoms with van der Waals surface area (Å²) in [6.07, 6.45) is 2.62. The third-order valence-corrected chi connectivity index (χ3v) is 3.96. The summed E-state index contributed by atoms with van der Waals surface area (Å²) < 4.78 is 8.45. The number of allylic oxidation sites excluding steroid dienone is 1. The van der Waals surface area contributed by atoms with E-state index < -0.39 is 6.04 Å². The molecule has 0 aromatic carbocycles. The number of hydrogen-bond acceptors (Lipinski definition) is 6. The maximum atomic E-state index is 12.4. The van der Waals surface area contributed by atoms with Crippen LogP contribution in [0.3, 0.4) is 0 Å². The lowest BCUT2D eigenvalue weighted by atomic mass is 9.96. The number of nitrogens with zero attached hydrogens (tertiary/aromatic N) is 5. The molecule has 3 rings (SSSR count). The number of aromatic nitrogens is 5. The summed E-state index contributed by atoms with van der Waals surface area (Å²) in [5.41, 5.74) is 2.98. The van der Waals surface area contributed by atoms with E-state index >= 15 is 0 Å². The molecule has 1 N–H and O–H groups in total. The van der Waals surface area contributed by atoms with Gasteiger partial charge in [0.15, 0.2) is 5.82 Å². The molecular weight excluding hydrogens is 296 g/mol. The van der Waals surface area contributed by atoms with Gasteiger partial charge in [-0.1, -0.05) is 6.92 Å². The molecule has 0 spiro atoms. The minimum atomic E-state index is -0.403. The molecule has 3 heterocycles. The normalized spacial score (nSPS) is 17.0. The minimum Gasteiger partial charge on any atom is -0.466 e. The molecule has 8 heteroatoms. The van der Waals surface area contributed by atoms with Crippen molar-refractivity contribution in [2.75, 3.05) is 12.4 Å². The van der Waals surface area contributed by atoms with E-state index in [4.69, 9.17) is 4.74 Å². The van der Waals surface area contributed by atoms with Crippen LogP contribution in [-0.2, 0) is 23.0 Å². The van der Waals surface area contributed by atoms with Gasteiger partial charge in [-0.25, -0.2) is 9.48 Å². The smallest absolute Gasteiger partial charge is 0.338 e. The maximum absolute atomic E-state index is 12.4. The Morgan fingerprint density at radius 3 is 2.70 bits per heavy atom. The van der Waals surface area contributed by atoms with Crippen LogP contribution in [0.25, 0.3) is 0 Å². The third-order valence-electron chi connectivity index (χ3n) is 3.96. The number of hydrogen-bond donors (Lipinski definition) is 1. The van der Waals surface area contributed by atoms with E-state index in [1.807, 2.05) is 34.0 Å². The van der Waals surface area contributed by atoms with Crippen molar-refractivity contribution in [1.29, 1.82) is 0 Å². The minimum absolute atomic E-state index is 0.387. The van der Waals surface area contributed by atoms with Crippen molar-refractivity contribution in [3.05, 3.63) is 34.5 Å². The molecule has 1 aliphatic rings. The van der Waals surface area contributed by atoms with Crippen LogP contribution in [0.1, 0.15) is 37.0 Å². The van der Waals surface area contributed by atoms with Crippen molar-refractivity contribution in [1.82, 2.24) is 24.5 Å². The molecule has 0 aliphatic carbocycles. The Morgan fingerprint density at radius 2 is 2.13 bits per heavy atom. The fourth-order valence-electron chi connectivity index (χ4n) is 2.89. The summed E-state index contributed by atoms with van der Waals surface area (Å²) >= 11 is 0. The fourth-order valence-corrected chi connectivity index (χ4v) is 2.89. The number of esters is 1. The first-order valence-electron chi connectivity index (χ1n) is 7.47. The number of carbonyl (C=O) groups excluding carboxylic acids is 1. The first-order valence-corrected chi connectivity index (χ1v) is 7.47. The average molecular weight is 316 g/mol. The summed E-state index contributed by atoms with van der Waals surface area (Å²) in [4.78, 5) is 16.8. The van der Waals surface area contributed by atoms with Crippen molar-refractivity contribution < 1.29 is 9.53 Å². The van der Waals surface area contributed by atoms with Crippen molar-refractivity contribution >= 4 is 11.9 Å². The van der Waals surface area contributed by atoms with Crippen LogP contribution in [0, 0.1) is 6.92 Å². The molecule has 122 valence electrons. The second kappa shape index (κ2) is 5.53. The summed E-state index contributed by atoms with van der Waals surface area (Å²) in [5.74, 6) is 0.959. The Labute approximate surface area is 134 Å². The summed E-state index contributed by atoms with van der Waals surface area (Å²) in [7, 11) is 3.23. The lowest BCUT2D eigenvalue weighted by Gasteiger charge is -2.27. The molecular formula is C15H20N6O2. The second-order valence-electron chi connectivity index (χ2n) is 5.55. The predicted molar refractivity (Wildman–Crippen MR) is 83.8 cm³/mol. The highest BCUT2D eigenvalue weighted by atomic mass is 16.5. The van der Waals surface area contributed by atoms with Gasteiger partial charge in [-0.05, 0) is 13.8 Å². The molecule has 0 saturated carbocycles. The number of methoxy groups -OCH3 is 1. The molecule has 0 saturated heterocycles. The fraction of sp³-hybridized carbons (Fsp3) is 0.467. The Hall–Kier alpha value is -2.64. The summed E-state index contributed by atoms with van der Waals surface area (Å²) in [6, 6.07) is -0.403. The molecule has 1 atom stereocenters. The van der Waals surface area contributed by atoms with Crippen LogP contribution in [0.15, 0.2) is 17.5 Å². The van der Waals surface area contributed by atoms with Gasteiger partial charge in [-0.15, -0.1) is 0 Å². The van der Waals surface area contributed by atoms with E-state index in [9.17, 15) is 4.79 Å². The van der Waals surface area contributed by atoms with E-state index in [0.717, 1.165) is 17.1 Å². The van der Waals surface area contributed by atoms with E-state index in [0.29, 0.717) is 23.6 Å². The Kier molecular flexibility index (Phi) is 3.67. The van der Waals surface area contributed by atoms with Gasteiger partial charge in [0.05, 0.1) is 18.4 Å². The van der Waals surface area contributed by atoms with E-state index in [-0.39, 0.29) is 5.97 Å². The lowest BCUT2D eigenvalue weighted by Crippen LogP contribution is -2.29. The molecule has 0 radical (unpaired) electrons. The predicted octanol–water partition coefficient (Wildman–Crippen LogP) is 1.34. The van der Waals surface area contributed by atoms with Gasteiger partial charge < -0.3 is 10.1 Å². The van der Waals surface area contributed by atoms with Gasteiger partial charge in [0, 0.05) is 30.9 Å². The molecule has 8 nitrogen and oxygen atoms in total. The molecule has 1 aliphatic heterocycles. The number of ether oxygens (including phenoxy) is 1. The van der Waals surface area contributed by atoms with Gasteiger partial charge in [0.25, 0.3) is 0 Å². The van der Waals surface area contributed by atoms with Crippen LogP contribution in [0.4, 0.5) is 5.95 Å². The monoisotopic (exact) mass is 316 g/mol. The van der Waals surface area contributed by atoms with Crippen LogP contribution >= 0.6 is 0 Å². The number of anilines is 1. The number of nitrogens with one attached hydrogen (secondary N) is 1. The SMILES string of the molecule is CCc1nc2n(n1)[C@@H](c1cn(C)nc1C)C(C(=O)OC)=C(C)N2. The molecule has 23 heavy (non-hydrogen) atoms. The summed E-state index contributed by atoms with van der Waals surface area (Å²) in [5, 5.41) is 12.1. The highest BCUT2D eigenvalue weighted by Gasteiger charge is 2.36. The first-order chi connectivity index (χ1) is 11.0. The molecule has 2 aromatic heterocycles. The molecule has 0 unspecified atom stereocenters. The van der Waals surface area contributed by atoms with Crippen molar-refractivity contribution in [2.24, 2.45) is 7.05 Å². The van der Waals surface area contributed by atoms with Gasteiger partial charge in [0.2, 0.25) is 5.95 Å². The molecule has 0 bridgehead atoms. The third kappa shape index (κ3) is 2.39. The van der Waals surface area contributed by atoms with Crippen LogP contribution in [0.5, 0.6) is 0 Å². The highest BCUT2D eigenvalue weighted by molar-refractivity contribution is 5.92. The largest absolute Gasteiger partial charge is 0.466 e. The standard InChI is InChI=1S/C15H20N6O2/c1-6-11-17-15-16-9(3)12(14(22)23-5)13(21(15)19-11)10-7-20(4)18-8(10)2/h7,13H,6H2,1-5H3,(H,16,17,19)/t13-/m0/s1. The van der Waals surface area contributed by atoms with Gasteiger partial charge in [0.1, 0.15) is 6.04 Å². The lowest BCUT2D eigenvalue weighted by molar-refractivity contribution is -0.136. The maximum Gasteiger partial charge on any atom is 0.338 e. The summed E-state index contributed by atoms with van der Waals surface area (Å²) in [6.45, 7) is 5.75. The first kappa shape index (κ1) is 15.3. The van der Waals surface area contributed by atoms with Gasteiger partial charge >= 0.3 is 5.97 Å². The van der Waals surface area contributed by atoms with E-state index in [1.165, 1.54) is 7.11 Å². The number of carbonyl (C=O) groups is 1. The van der Waals surface area contributed by atoms with Gasteiger partial charge in [-0.3, -0.25) is 4.68 Å². The zero-order valence-electron chi connectivity index (χ0n) is 13.9. The van der Waals surface area contributed by atoms with Crippen LogP contribution < -0.4 is 5.32 Å². The van der Waals surface area contributed by atoms with E-state index in [2.05, 4.69) is 20.5 Å². The Balaban J connectivity index is 2.23. The number of rotatable bonds is 3. The Bertz CT molecular complexity index is 801. The quantitative estimate of drug-likeness (QED) is 0.860. The number of fused-ring (bicyclic) bond motifs is 1. The highest BCUT2D eigenvalue weighted by Crippen LogP contribution is 2.36. The second-order valence-corrected chi connectivity index (χ2v) is 5.55. The number of aryl methyl sites for hydroxylation is 3. The van der Waals surface area contributed by atoms with E-state index in [1.54, 1.807) is 9.36 Å². The Morgan fingerprint density at radius 1 is 1.39 bits per heavy atom. The molecule has 0 amide bonds.